The molecule has 2 aliphatic rings. The summed E-state index contributed by atoms with van der Waals surface area (Å²) in [7, 11) is 0. The second kappa shape index (κ2) is 5.20. The first-order chi connectivity index (χ1) is 7.77. The molecule has 1 amide bonds. The Morgan fingerprint density at radius 2 is 2.00 bits per heavy atom. The lowest BCUT2D eigenvalue weighted by Gasteiger charge is -2.40. The van der Waals surface area contributed by atoms with Gasteiger partial charge in [-0.1, -0.05) is 26.7 Å². The molecule has 0 unspecified atom stereocenters. The summed E-state index contributed by atoms with van der Waals surface area (Å²) in [6.07, 6.45) is 8.49. The molecule has 2 rings (SSSR count). The number of rotatable bonds is 4. The molecule has 0 aromatic rings. The fourth-order valence-corrected chi connectivity index (χ4v) is 3.68. The number of hydrogen-bond donors (Lipinski definition) is 0. The van der Waals surface area contributed by atoms with Crippen LogP contribution in [-0.2, 0) is 4.79 Å². The van der Waals surface area contributed by atoms with E-state index in [1.807, 2.05) is 0 Å². The molecule has 16 heavy (non-hydrogen) atoms. The standard InChI is InChI=1S/C14H25NO/c1-3-6-11-10-12(7-4-2)14(16)15-9-5-8-13(11)15/h11-13H,3-10H2,1-2H3/t11-,12+,13+/m1/s1. The van der Waals surface area contributed by atoms with Gasteiger partial charge in [-0.3, -0.25) is 4.79 Å². The van der Waals surface area contributed by atoms with Gasteiger partial charge in [0.25, 0.3) is 0 Å². The Balaban J connectivity index is 2.07. The Hall–Kier alpha value is -0.530. The summed E-state index contributed by atoms with van der Waals surface area (Å²) in [5, 5.41) is 0. The fourth-order valence-electron chi connectivity index (χ4n) is 3.68. The van der Waals surface area contributed by atoms with Crippen molar-refractivity contribution in [3.8, 4) is 0 Å². The maximum atomic E-state index is 12.3. The third kappa shape index (κ3) is 2.11. The molecule has 0 aliphatic carbocycles. The van der Waals surface area contributed by atoms with E-state index in [0.29, 0.717) is 17.9 Å². The van der Waals surface area contributed by atoms with E-state index in [1.54, 1.807) is 0 Å². The van der Waals surface area contributed by atoms with Gasteiger partial charge in [0.1, 0.15) is 0 Å². The highest BCUT2D eigenvalue weighted by Crippen LogP contribution is 2.38. The predicted molar refractivity (Wildman–Crippen MR) is 66.1 cm³/mol. The van der Waals surface area contributed by atoms with Gasteiger partial charge in [-0.2, -0.15) is 0 Å². The number of hydrogen-bond acceptors (Lipinski definition) is 1. The van der Waals surface area contributed by atoms with Crippen molar-refractivity contribution in [3.63, 3.8) is 0 Å². The molecule has 2 nitrogen and oxygen atoms in total. The first kappa shape index (κ1) is 11.9. The molecule has 0 N–H and O–H groups in total. The lowest BCUT2D eigenvalue weighted by molar-refractivity contribution is -0.142. The van der Waals surface area contributed by atoms with Gasteiger partial charge in [-0.15, -0.1) is 0 Å². The largest absolute Gasteiger partial charge is 0.339 e. The first-order valence-electron chi connectivity index (χ1n) is 7.08. The Labute approximate surface area is 99.4 Å². The monoisotopic (exact) mass is 223 g/mol. The molecule has 92 valence electrons. The normalized spacial score (nSPS) is 34.2. The van der Waals surface area contributed by atoms with E-state index >= 15 is 0 Å². The van der Waals surface area contributed by atoms with E-state index in [9.17, 15) is 4.79 Å². The third-order valence-corrected chi connectivity index (χ3v) is 4.36. The van der Waals surface area contributed by atoms with Crippen molar-refractivity contribution in [1.82, 2.24) is 4.90 Å². The van der Waals surface area contributed by atoms with Crippen molar-refractivity contribution in [3.05, 3.63) is 0 Å². The highest BCUT2D eigenvalue weighted by atomic mass is 16.2. The number of fused-ring (bicyclic) bond motifs is 1. The van der Waals surface area contributed by atoms with Gasteiger partial charge in [-0.25, -0.2) is 0 Å². The Kier molecular flexibility index (Phi) is 3.88. The van der Waals surface area contributed by atoms with Gasteiger partial charge in [0.05, 0.1) is 0 Å². The predicted octanol–water partition coefficient (Wildman–Crippen LogP) is 3.21. The SMILES string of the molecule is CCC[C@H]1C[C@@H](CCC)[C@@H]2CCCN2C1=O. The zero-order chi connectivity index (χ0) is 11.5. The van der Waals surface area contributed by atoms with Crippen LogP contribution in [0, 0.1) is 11.8 Å². The quantitative estimate of drug-likeness (QED) is 0.716. The van der Waals surface area contributed by atoms with E-state index in [2.05, 4.69) is 18.7 Å². The van der Waals surface area contributed by atoms with E-state index < -0.39 is 0 Å². The maximum Gasteiger partial charge on any atom is 0.225 e. The second-order valence-corrected chi connectivity index (χ2v) is 5.51. The smallest absolute Gasteiger partial charge is 0.225 e. The average molecular weight is 223 g/mol. The first-order valence-corrected chi connectivity index (χ1v) is 7.08. The van der Waals surface area contributed by atoms with Gasteiger partial charge >= 0.3 is 0 Å². The molecule has 0 saturated carbocycles. The summed E-state index contributed by atoms with van der Waals surface area (Å²) in [6, 6.07) is 0.598. The molecule has 2 aliphatic heterocycles. The Morgan fingerprint density at radius 1 is 1.25 bits per heavy atom. The molecular weight excluding hydrogens is 198 g/mol. The van der Waals surface area contributed by atoms with Crippen molar-refractivity contribution in [2.24, 2.45) is 11.8 Å². The average Bonchev–Trinajstić information content (AvgIpc) is 2.74. The van der Waals surface area contributed by atoms with Gasteiger partial charge in [0.2, 0.25) is 5.91 Å². The molecule has 0 aromatic heterocycles. The van der Waals surface area contributed by atoms with Crippen LogP contribution in [0.5, 0.6) is 0 Å². The van der Waals surface area contributed by atoms with E-state index in [0.717, 1.165) is 25.3 Å². The van der Waals surface area contributed by atoms with Crippen LogP contribution in [0.15, 0.2) is 0 Å². The molecule has 0 bridgehead atoms. The Morgan fingerprint density at radius 3 is 2.69 bits per heavy atom. The molecule has 2 heterocycles. The van der Waals surface area contributed by atoms with Crippen molar-refractivity contribution in [2.75, 3.05) is 6.54 Å². The van der Waals surface area contributed by atoms with E-state index in [-0.39, 0.29) is 0 Å². The zero-order valence-electron chi connectivity index (χ0n) is 10.7. The van der Waals surface area contributed by atoms with Crippen LogP contribution >= 0.6 is 0 Å². The summed E-state index contributed by atoms with van der Waals surface area (Å²) in [4.78, 5) is 14.5. The van der Waals surface area contributed by atoms with Gasteiger partial charge in [-0.05, 0) is 38.0 Å². The number of piperidine rings is 1. The molecule has 2 heteroatoms. The van der Waals surface area contributed by atoms with Crippen molar-refractivity contribution >= 4 is 5.91 Å². The summed E-state index contributed by atoms with van der Waals surface area (Å²) in [5.74, 6) is 1.61. The minimum atomic E-state index is 0.343. The lowest BCUT2D eigenvalue weighted by atomic mass is 9.79. The second-order valence-electron chi connectivity index (χ2n) is 5.51. The maximum absolute atomic E-state index is 12.3. The van der Waals surface area contributed by atoms with Crippen LogP contribution in [0.3, 0.4) is 0 Å². The van der Waals surface area contributed by atoms with Crippen LogP contribution in [0.4, 0.5) is 0 Å². The van der Waals surface area contributed by atoms with E-state index in [1.165, 1.54) is 32.1 Å². The fraction of sp³-hybridized carbons (Fsp3) is 0.929. The van der Waals surface area contributed by atoms with Crippen LogP contribution in [0.2, 0.25) is 0 Å². The molecule has 2 fully saturated rings. The number of amides is 1. The number of nitrogens with zero attached hydrogens (tertiary/aromatic N) is 1. The third-order valence-electron chi connectivity index (χ3n) is 4.36. The van der Waals surface area contributed by atoms with Crippen molar-refractivity contribution in [1.29, 1.82) is 0 Å². The van der Waals surface area contributed by atoms with Crippen molar-refractivity contribution in [2.45, 2.75) is 64.8 Å². The highest BCUT2D eigenvalue weighted by Gasteiger charge is 2.42. The molecular formula is C14H25NO. The van der Waals surface area contributed by atoms with Gasteiger partial charge in [0, 0.05) is 18.5 Å². The highest BCUT2D eigenvalue weighted by molar-refractivity contribution is 5.80. The van der Waals surface area contributed by atoms with Gasteiger partial charge in [0.15, 0.2) is 0 Å². The van der Waals surface area contributed by atoms with Crippen molar-refractivity contribution < 1.29 is 4.79 Å². The summed E-state index contributed by atoms with van der Waals surface area (Å²) in [6.45, 7) is 5.49. The topological polar surface area (TPSA) is 20.3 Å². The summed E-state index contributed by atoms with van der Waals surface area (Å²) in [5.41, 5.74) is 0. The van der Waals surface area contributed by atoms with Gasteiger partial charge < -0.3 is 4.90 Å². The molecule has 0 aromatic carbocycles. The minimum Gasteiger partial charge on any atom is -0.339 e. The molecule has 0 radical (unpaired) electrons. The summed E-state index contributed by atoms with van der Waals surface area (Å²) >= 11 is 0. The lowest BCUT2D eigenvalue weighted by Crippen LogP contribution is -2.49. The Bertz CT molecular complexity index is 251. The zero-order valence-corrected chi connectivity index (χ0v) is 10.7. The van der Waals surface area contributed by atoms with Crippen LogP contribution in [0.1, 0.15) is 58.8 Å². The minimum absolute atomic E-state index is 0.343. The summed E-state index contributed by atoms with van der Waals surface area (Å²) < 4.78 is 0. The molecule has 2 saturated heterocycles. The van der Waals surface area contributed by atoms with Crippen LogP contribution in [-0.4, -0.2) is 23.4 Å². The van der Waals surface area contributed by atoms with E-state index in [4.69, 9.17) is 0 Å². The number of carbonyl (C=O) groups excluding carboxylic acids is 1. The number of carbonyl (C=O) groups is 1. The molecule has 3 atom stereocenters. The van der Waals surface area contributed by atoms with Crippen LogP contribution < -0.4 is 0 Å². The molecule has 0 spiro atoms. The van der Waals surface area contributed by atoms with Crippen LogP contribution in [0.25, 0.3) is 0 Å².